The van der Waals surface area contributed by atoms with Crippen molar-refractivity contribution in [2.45, 2.75) is 33.1 Å². The summed E-state index contributed by atoms with van der Waals surface area (Å²) in [5.41, 5.74) is 2.60. The van der Waals surface area contributed by atoms with Crippen molar-refractivity contribution in [3.05, 3.63) is 29.3 Å². The van der Waals surface area contributed by atoms with E-state index in [1.807, 2.05) is 0 Å². The van der Waals surface area contributed by atoms with Gasteiger partial charge in [-0.1, -0.05) is 6.07 Å². The van der Waals surface area contributed by atoms with Crippen LogP contribution in [0.5, 0.6) is 5.75 Å². The van der Waals surface area contributed by atoms with Crippen molar-refractivity contribution in [1.29, 1.82) is 0 Å². The summed E-state index contributed by atoms with van der Waals surface area (Å²) in [5, 5.41) is 9.12. The van der Waals surface area contributed by atoms with Crippen LogP contribution in [0, 0.1) is 19.8 Å². The minimum atomic E-state index is 0.351. The van der Waals surface area contributed by atoms with Gasteiger partial charge in [-0.05, 0) is 75.4 Å². The quantitative estimate of drug-likeness (QED) is 0.812. The van der Waals surface area contributed by atoms with Crippen LogP contribution in [0.15, 0.2) is 18.2 Å². The summed E-state index contributed by atoms with van der Waals surface area (Å²) in [6.45, 7) is 8.71. The molecule has 1 fully saturated rings. The van der Waals surface area contributed by atoms with Crippen LogP contribution < -0.4 is 4.74 Å². The van der Waals surface area contributed by atoms with E-state index in [2.05, 4.69) is 36.9 Å². The van der Waals surface area contributed by atoms with Crippen LogP contribution in [0.25, 0.3) is 0 Å². The van der Waals surface area contributed by atoms with Crippen molar-refractivity contribution in [3.8, 4) is 5.75 Å². The lowest BCUT2D eigenvalue weighted by Crippen LogP contribution is -2.35. The maximum Gasteiger partial charge on any atom is 0.119 e. The van der Waals surface area contributed by atoms with E-state index < -0.39 is 0 Å². The van der Waals surface area contributed by atoms with Gasteiger partial charge in [0.1, 0.15) is 5.75 Å². The van der Waals surface area contributed by atoms with Crippen LogP contribution in [-0.4, -0.2) is 42.9 Å². The molecule has 1 aromatic rings. The average molecular weight is 277 g/mol. The van der Waals surface area contributed by atoms with E-state index >= 15 is 0 Å². The zero-order chi connectivity index (χ0) is 14.4. The molecule has 0 saturated carbocycles. The lowest BCUT2D eigenvalue weighted by atomic mass is 9.98. The molecule has 2 rings (SSSR count). The third-order valence-corrected chi connectivity index (χ3v) is 4.33. The van der Waals surface area contributed by atoms with Gasteiger partial charge >= 0.3 is 0 Å². The maximum absolute atomic E-state index is 9.12. The van der Waals surface area contributed by atoms with Gasteiger partial charge in [0.2, 0.25) is 0 Å². The lowest BCUT2D eigenvalue weighted by Gasteiger charge is -2.30. The van der Waals surface area contributed by atoms with Crippen molar-refractivity contribution >= 4 is 0 Å². The number of aliphatic hydroxyl groups is 1. The molecule has 1 saturated heterocycles. The maximum atomic E-state index is 9.12. The molecule has 3 nitrogen and oxygen atoms in total. The number of benzene rings is 1. The smallest absolute Gasteiger partial charge is 0.119 e. The molecular formula is C17H27NO2. The molecule has 3 heteroatoms. The van der Waals surface area contributed by atoms with E-state index in [1.165, 1.54) is 11.1 Å². The Labute approximate surface area is 122 Å². The summed E-state index contributed by atoms with van der Waals surface area (Å²) in [7, 11) is 0. The Morgan fingerprint density at radius 2 is 1.95 bits per heavy atom. The highest BCUT2D eigenvalue weighted by molar-refractivity contribution is 5.33. The van der Waals surface area contributed by atoms with E-state index in [0.717, 1.165) is 51.3 Å². The van der Waals surface area contributed by atoms with Gasteiger partial charge < -0.3 is 14.7 Å². The van der Waals surface area contributed by atoms with Crippen molar-refractivity contribution < 1.29 is 9.84 Å². The van der Waals surface area contributed by atoms with Crippen molar-refractivity contribution in [3.63, 3.8) is 0 Å². The summed E-state index contributed by atoms with van der Waals surface area (Å²) in [6.07, 6.45) is 3.33. The van der Waals surface area contributed by atoms with Gasteiger partial charge in [0.15, 0.2) is 0 Å². The second-order valence-corrected chi connectivity index (χ2v) is 5.92. The zero-order valence-corrected chi connectivity index (χ0v) is 12.8. The largest absolute Gasteiger partial charge is 0.494 e. The first-order valence-corrected chi connectivity index (χ1v) is 7.72. The monoisotopic (exact) mass is 277 g/mol. The molecule has 1 heterocycles. The molecule has 0 bridgehead atoms. The second kappa shape index (κ2) is 7.65. The first kappa shape index (κ1) is 15.3. The zero-order valence-electron chi connectivity index (χ0n) is 12.8. The summed E-state index contributed by atoms with van der Waals surface area (Å²) in [4.78, 5) is 2.48. The summed E-state index contributed by atoms with van der Waals surface area (Å²) in [6, 6.07) is 6.28. The normalized spacial score (nSPS) is 17.4. The van der Waals surface area contributed by atoms with Crippen LogP contribution in [0.2, 0.25) is 0 Å². The minimum Gasteiger partial charge on any atom is -0.494 e. The molecule has 1 aromatic carbocycles. The van der Waals surface area contributed by atoms with Gasteiger partial charge in [0.05, 0.1) is 6.61 Å². The Morgan fingerprint density at radius 1 is 1.20 bits per heavy atom. The number of hydrogen-bond donors (Lipinski definition) is 1. The number of rotatable bonds is 6. The fraction of sp³-hybridized carbons (Fsp3) is 0.647. The van der Waals surface area contributed by atoms with Gasteiger partial charge in [-0.3, -0.25) is 0 Å². The van der Waals surface area contributed by atoms with E-state index in [4.69, 9.17) is 9.84 Å². The van der Waals surface area contributed by atoms with Gasteiger partial charge in [-0.15, -0.1) is 0 Å². The number of hydrogen-bond acceptors (Lipinski definition) is 3. The van der Waals surface area contributed by atoms with E-state index in [0.29, 0.717) is 12.5 Å². The van der Waals surface area contributed by atoms with Gasteiger partial charge in [-0.25, -0.2) is 0 Å². The minimum absolute atomic E-state index is 0.351. The van der Waals surface area contributed by atoms with Gasteiger partial charge in [0, 0.05) is 13.2 Å². The Balaban J connectivity index is 1.63. The second-order valence-electron chi connectivity index (χ2n) is 5.92. The van der Waals surface area contributed by atoms with Crippen molar-refractivity contribution in [1.82, 2.24) is 4.90 Å². The van der Waals surface area contributed by atoms with E-state index in [1.54, 1.807) is 0 Å². The van der Waals surface area contributed by atoms with Crippen LogP contribution in [0.1, 0.15) is 30.4 Å². The number of aliphatic hydroxyl groups excluding tert-OH is 1. The number of ether oxygens (including phenoxy) is 1. The SMILES string of the molecule is Cc1ccc(OCCCN2CCC(CO)CC2)cc1C. The highest BCUT2D eigenvalue weighted by Crippen LogP contribution is 2.18. The van der Waals surface area contributed by atoms with Gasteiger partial charge in [-0.2, -0.15) is 0 Å². The summed E-state index contributed by atoms with van der Waals surface area (Å²) in [5.74, 6) is 1.50. The van der Waals surface area contributed by atoms with Crippen molar-refractivity contribution in [2.24, 2.45) is 5.92 Å². The molecule has 0 unspecified atom stereocenters. The van der Waals surface area contributed by atoms with E-state index in [-0.39, 0.29) is 0 Å². The number of nitrogens with zero attached hydrogens (tertiary/aromatic N) is 1. The molecule has 0 aliphatic carbocycles. The standard InChI is InChI=1S/C17H27NO2/c1-14-4-5-17(12-15(14)2)20-11-3-8-18-9-6-16(13-19)7-10-18/h4-5,12,16,19H,3,6-11,13H2,1-2H3. The first-order chi connectivity index (χ1) is 9.69. The Bertz CT molecular complexity index is 411. The topological polar surface area (TPSA) is 32.7 Å². The fourth-order valence-corrected chi connectivity index (χ4v) is 2.67. The molecule has 20 heavy (non-hydrogen) atoms. The Morgan fingerprint density at radius 3 is 2.60 bits per heavy atom. The molecule has 0 atom stereocenters. The third-order valence-electron chi connectivity index (χ3n) is 4.33. The van der Waals surface area contributed by atoms with E-state index in [9.17, 15) is 0 Å². The molecule has 0 amide bonds. The molecule has 0 spiro atoms. The molecule has 1 N–H and O–H groups in total. The predicted molar refractivity (Wildman–Crippen MR) is 82.3 cm³/mol. The first-order valence-electron chi connectivity index (χ1n) is 7.72. The molecule has 0 aromatic heterocycles. The number of piperidine rings is 1. The number of likely N-dealkylation sites (tertiary alicyclic amines) is 1. The van der Waals surface area contributed by atoms with Crippen molar-refractivity contribution in [2.75, 3.05) is 32.8 Å². The van der Waals surface area contributed by atoms with Crippen LogP contribution in [0.4, 0.5) is 0 Å². The average Bonchev–Trinajstić information content (AvgIpc) is 2.48. The summed E-state index contributed by atoms with van der Waals surface area (Å²) >= 11 is 0. The Hall–Kier alpha value is -1.06. The Kier molecular flexibility index (Phi) is 5.86. The number of aryl methyl sites for hydroxylation is 2. The predicted octanol–water partition coefficient (Wildman–Crippen LogP) is 2.78. The highest BCUT2D eigenvalue weighted by Gasteiger charge is 2.17. The van der Waals surface area contributed by atoms with Crippen LogP contribution >= 0.6 is 0 Å². The molecular weight excluding hydrogens is 250 g/mol. The molecule has 112 valence electrons. The fourth-order valence-electron chi connectivity index (χ4n) is 2.67. The lowest BCUT2D eigenvalue weighted by molar-refractivity contribution is 0.126. The molecule has 1 aliphatic heterocycles. The third kappa shape index (κ3) is 4.50. The van der Waals surface area contributed by atoms with Crippen LogP contribution in [-0.2, 0) is 0 Å². The van der Waals surface area contributed by atoms with Gasteiger partial charge in [0.25, 0.3) is 0 Å². The highest BCUT2D eigenvalue weighted by atomic mass is 16.5. The summed E-state index contributed by atoms with van der Waals surface area (Å²) < 4.78 is 5.81. The molecule has 1 aliphatic rings. The molecule has 0 radical (unpaired) electrons. The van der Waals surface area contributed by atoms with Crippen LogP contribution in [0.3, 0.4) is 0 Å².